The third-order valence-corrected chi connectivity index (χ3v) is 9.53. The number of aliphatic hydroxyl groups excluding tert-OH is 2. The average molecular weight is 469 g/mol. The van der Waals surface area contributed by atoms with Crippen LogP contribution in [-0.2, 0) is 14.3 Å². The lowest BCUT2D eigenvalue weighted by Gasteiger charge is -2.61. The zero-order valence-corrected chi connectivity index (χ0v) is 19.6. The van der Waals surface area contributed by atoms with Gasteiger partial charge in [-0.05, 0) is 62.4 Å². The van der Waals surface area contributed by atoms with Crippen LogP contribution in [0, 0.1) is 28.6 Å². The minimum absolute atomic E-state index is 0.0164. The van der Waals surface area contributed by atoms with Crippen LogP contribution in [0.1, 0.15) is 59.8 Å². The number of aliphatic hydroxyl groups is 2. The number of thiocarbonyl (C=S) groups is 1. The highest BCUT2D eigenvalue weighted by atomic mass is 32.1. The number of rotatable bonds is 3. The normalized spacial score (nSPS) is 47.5. The van der Waals surface area contributed by atoms with Crippen LogP contribution < -0.4 is 0 Å². The summed E-state index contributed by atoms with van der Waals surface area (Å²) in [6.45, 7) is 6.77. The van der Waals surface area contributed by atoms with Crippen molar-refractivity contribution in [1.82, 2.24) is 0 Å². The van der Waals surface area contributed by atoms with Crippen LogP contribution >= 0.6 is 12.2 Å². The van der Waals surface area contributed by atoms with Crippen LogP contribution in [0.25, 0.3) is 0 Å². The van der Waals surface area contributed by atoms with Gasteiger partial charge < -0.3 is 14.9 Å². The predicted molar refractivity (Wildman–Crippen MR) is 118 cm³/mol. The second-order valence-electron chi connectivity index (χ2n) is 10.4. The Morgan fingerprint density at radius 1 is 1.25 bits per heavy atom. The van der Waals surface area contributed by atoms with Crippen molar-refractivity contribution >= 4 is 29.0 Å². The molecule has 0 aromatic rings. The number of esters is 1. The summed E-state index contributed by atoms with van der Waals surface area (Å²) in [4.78, 5) is 24.3. The topological polar surface area (TPSA) is 83.8 Å². The molecule has 8 heteroatoms. The maximum atomic E-state index is 17.1. The summed E-state index contributed by atoms with van der Waals surface area (Å²) in [7, 11) is 0. The lowest BCUT2D eigenvalue weighted by Crippen LogP contribution is -2.66. The van der Waals surface area contributed by atoms with E-state index >= 15 is 8.78 Å². The molecule has 0 spiro atoms. The summed E-state index contributed by atoms with van der Waals surface area (Å²) in [5.41, 5.74) is -6.04. The number of ketones is 1. The molecule has 176 valence electrons. The van der Waals surface area contributed by atoms with Crippen molar-refractivity contribution in [3.8, 4) is 0 Å². The van der Waals surface area contributed by atoms with Gasteiger partial charge in [-0.15, -0.1) is 0 Å². The molecule has 0 aliphatic heterocycles. The maximum Gasteiger partial charge on any atom is 0.306 e. The first kappa shape index (κ1) is 23.3. The van der Waals surface area contributed by atoms with Crippen molar-refractivity contribution < 1.29 is 33.3 Å². The fraction of sp³-hybridized carbons (Fsp3) is 0.708. The third kappa shape index (κ3) is 2.56. The molecule has 3 fully saturated rings. The fourth-order valence-electron chi connectivity index (χ4n) is 7.48. The van der Waals surface area contributed by atoms with Gasteiger partial charge in [0.25, 0.3) is 0 Å². The van der Waals surface area contributed by atoms with E-state index in [2.05, 4.69) is 0 Å². The molecule has 0 heterocycles. The van der Waals surface area contributed by atoms with Gasteiger partial charge in [0.15, 0.2) is 11.4 Å². The van der Waals surface area contributed by atoms with E-state index in [-0.39, 0.29) is 31.3 Å². The van der Waals surface area contributed by atoms with E-state index < -0.39 is 68.6 Å². The Hall–Kier alpha value is -1.83. The molecule has 4 unspecified atom stereocenters. The Bertz CT molecular complexity index is 962. The van der Waals surface area contributed by atoms with Crippen molar-refractivity contribution in [2.24, 2.45) is 28.6 Å². The fourth-order valence-corrected chi connectivity index (χ4v) is 7.96. The quantitative estimate of drug-likeness (QED) is 0.446. The number of allylic oxidation sites excluding steroid dienone is 3. The minimum atomic E-state index is -2.01. The highest BCUT2D eigenvalue weighted by molar-refractivity contribution is 7.80. The van der Waals surface area contributed by atoms with E-state index in [4.69, 9.17) is 17.0 Å². The molecule has 0 bridgehead atoms. The summed E-state index contributed by atoms with van der Waals surface area (Å²) in [6.07, 6.45) is 0.980. The number of alkyl halides is 2. The molecular weight excluding hydrogens is 438 g/mol. The van der Waals surface area contributed by atoms with Crippen molar-refractivity contribution in [2.45, 2.75) is 77.2 Å². The summed E-state index contributed by atoms with van der Waals surface area (Å²) >= 11 is 5.21. The first-order chi connectivity index (χ1) is 14.8. The molecule has 32 heavy (non-hydrogen) atoms. The van der Waals surface area contributed by atoms with Crippen LogP contribution in [0.3, 0.4) is 0 Å². The molecule has 5 nitrogen and oxygen atoms in total. The maximum absolute atomic E-state index is 17.1. The van der Waals surface area contributed by atoms with E-state index in [9.17, 15) is 19.8 Å². The Balaban J connectivity index is 1.85. The van der Waals surface area contributed by atoms with E-state index in [1.54, 1.807) is 6.92 Å². The Kier molecular flexibility index (Phi) is 5.16. The van der Waals surface area contributed by atoms with Crippen molar-refractivity contribution in [1.29, 1.82) is 0 Å². The van der Waals surface area contributed by atoms with Gasteiger partial charge in [0, 0.05) is 29.7 Å². The molecule has 8 atom stereocenters. The molecule has 3 saturated carbocycles. The highest BCUT2D eigenvalue weighted by Crippen LogP contribution is 2.72. The molecule has 0 amide bonds. The molecule has 0 radical (unpaired) electrons. The van der Waals surface area contributed by atoms with Crippen LogP contribution in [0.5, 0.6) is 0 Å². The number of hydrogen-bond donors (Lipinski definition) is 2. The van der Waals surface area contributed by atoms with E-state index in [0.717, 1.165) is 12.2 Å². The Labute approximate surface area is 191 Å². The SMILES string of the molecule is CCC(=O)OC1(C(O)=S)C(C)C[C@H]2[C@@H]3CC(F)C4=CC(=O)C=C(O)[C@]4(C)C3(F)CC[C@@]21C. The molecule has 2 N–H and O–H groups in total. The molecule has 4 rings (SSSR count). The predicted octanol–water partition coefficient (Wildman–Crippen LogP) is 5.04. The molecule has 0 saturated heterocycles. The van der Waals surface area contributed by atoms with Crippen LogP contribution in [0.15, 0.2) is 23.5 Å². The highest BCUT2D eigenvalue weighted by Gasteiger charge is 2.76. The van der Waals surface area contributed by atoms with Crippen molar-refractivity contribution in [3.63, 3.8) is 0 Å². The largest absolute Gasteiger partial charge is 0.511 e. The van der Waals surface area contributed by atoms with Gasteiger partial charge >= 0.3 is 5.97 Å². The first-order valence-corrected chi connectivity index (χ1v) is 11.7. The standard InChI is InChI=1S/C24H30F2O5S/c1-5-19(29)31-24(20(30)32)12(2)8-14-15-11-17(25)16-9-13(27)10-18(28)22(16,4)23(15,26)7-6-21(14,24)3/h9-10,12,14-15,17,28H,5-8,11H2,1-4H3,(H,30,32)/t12?,14-,15-,17?,21-,22+,23?,24?/m0/s1. The van der Waals surface area contributed by atoms with Crippen LogP contribution in [-0.4, -0.2) is 44.5 Å². The average Bonchev–Trinajstić information content (AvgIpc) is 2.94. The van der Waals surface area contributed by atoms with Crippen LogP contribution in [0.2, 0.25) is 0 Å². The summed E-state index contributed by atoms with van der Waals surface area (Å²) in [6, 6.07) is 0. The summed E-state index contributed by atoms with van der Waals surface area (Å²) in [5.74, 6) is -3.18. The van der Waals surface area contributed by atoms with E-state index in [1.807, 2.05) is 13.8 Å². The number of hydrogen-bond acceptors (Lipinski definition) is 5. The first-order valence-electron chi connectivity index (χ1n) is 11.2. The monoisotopic (exact) mass is 468 g/mol. The van der Waals surface area contributed by atoms with Gasteiger partial charge in [0.2, 0.25) is 5.05 Å². The van der Waals surface area contributed by atoms with E-state index in [0.29, 0.717) is 6.42 Å². The summed E-state index contributed by atoms with van der Waals surface area (Å²) in [5, 5.41) is 20.9. The van der Waals surface area contributed by atoms with E-state index in [1.165, 1.54) is 6.92 Å². The summed E-state index contributed by atoms with van der Waals surface area (Å²) < 4.78 is 38.4. The number of carbonyl (C=O) groups is 2. The lowest BCUT2D eigenvalue weighted by atomic mass is 9.45. The lowest BCUT2D eigenvalue weighted by molar-refractivity contribution is -0.189. The Morgan fingerprint density at radius 3 is 2.50 bits per heavy atom. The molecule has 4 aliphatic carbocycles. The molecule has 4 aliphatic rings. The van der Waals surface area contributed by atoms with Gasteiger partial charge in [0.1, 0.15) is 17.6 Å². The third-order valence-electron chi connectivity index (χ3n) is 9.23. The van der Waals surface area contributed by atoms with Gasteiger partial charge in [-0.1, -0.05) is 20.8 Å². The van der Waals surface area contributed by atoms with Crippen molar-refractivity contribution in [3.05, 3.63) is 23.5 Å². The number of fused-ring (bicyclic) bond motifs is 5. The van der Waals surface area contributed by atoms with Gasteiger partial charge in [0.05, 0.1) is 5.41 Å². The molecule has 0 aromatic carbocycles. The Morgan fingerprint density at radius 2 is 1.91 bits per heavy atom. The molecule has 0 aromatic heterocycles. The minimum Gasteiger partial charge on any atom is -0.511 e. The zero-order valence-electron chi connectivity index (χ0n) is 18.8. The van der Waals surface area contributed by atoms with Gasteiger partial charge in [-0.3, -0.25) is 9.59 Å². The number of ether oxygens (including phenoxy) is 1. The van der Waals surface area contributed by atoms with Crippen molar-refractivity contribution in [2.75, 3.05) is 0 Å². The second kappa shape index (κ2) is 7.08. The van der Waals surface area contributed by atoms with Crippen LogP contribution in [0.4, 0.5) is 8.78 Å². The second-order valence-corrected chi connectivity index (χ2v) is 10.7. The zero-order chi connectivity index (χ0) is 23.9. The number of halogens is 2. The van der Waals surface area contributed by atoms with Gasteiger partial charge in [-0.2, -0.15) is 0 Å². The molecular formula is C24H30F2O5S. The number of carbonyl (C=O) groups excluding carboxylic acids is 2. The smallest absolute Gasteiger partial charge is 0.306 e. The van der Waals surface area contributed by atoms with Gasteiger partial charge in [-0.25, -0.2) is 8.78 Å².